The van der Waals surface area contributed by atoms with Crippen LogP contribution in [0, 0.1) is 5.92 Å². The van der Waals surface area contributed by atoms with Crippen molar-refractivity contribution in [2.24, 2.45) is 5.92 Å². The van der Waals surface area contributed by atoms with Crippen molar-refractivity contribution in [3.63, 3.8) is 0 Å². The van der Waals surface area contributed by atoms with Crippen molar-refractivity contribution < 1.29 is 0 Å². The topological polar surface area (TPSA) is 32.5 Å². The lowest BCUT2D eigenvalue weighted by Crippen LogP contribution is -2.38. The molecule has 2 saturated heterocycles. The molecule has 104 valence electrons. The molecule has 2 aliphatic rings. The van der Waals surface area contributed by atoms with Crippen LogP contribution in [-0.2, 0) is 0 Å². The van der Waals surface area contributed by atoms with Gasteiger partial charge in [0.2, 0.25) is 0 Å². The second kappa shape index (κ2) is 5.83. The molecule has 2 N–H and O–H groups in total. The Labute approximate surface area is 116 Å². The van der Waals surface area contributed by atoms with Gasteiger partial charge in [0.1, 0.15) is 0 Å². The number of benzene rings is 1. The van der Waals surface area contributed by atoms with E-state index in [1.54, 1.807) is 0 Å². The summed E-state index contributed by atoms with van der Waals surface area (Å²) in [4.78, 5) is 5.10. The monoisotopic (exact) mass is 259 g/mol. The Balaban J connectivity index is 1.53. The molecule has 2 aliphatic heterocycles. The largest absolute Gasteiger partial charge is 0.397 e. The number of anilines is 2. The fourth-order valence-electron chi connectivity index (χ4n) is 3.46. The van der Waals surface area contributed by atoms with Gasteiger partial charge in [-0.15, -0.1) is 0 Å². The van der Waals surface area contributed by atoms with Crippen molar-refractivity contribution in [3.8, 4) is 0 Å². The first kappa shape index (κ1) is 12.8. The molecule has 0 spiro atoms. The van der Waals surface area contributed by atoms with Crippen molar-refractivity contribution in [1.29, 1.82) is 0 Å². The summed E-state index contributed by atoms with van der Waals surface area (Å²) in [6.45, 7) is 6.29. The van der Waals surface area contributed by atoms with Crippen molar-refractivity contribution >= 4 is 11.4 Å². The van der Waals surface area contributed by atoms with Crippen LogP contribution in [0.1, 0.15) is 25.7 Å². The summed E-state index contributed by atoms with van der Waals surface area (Å²) >= 11 is 0. The summed E-state index contributed by atoms with van der Waals surface area (Å²) < 4.78 is 0. The van der Waals surface area contributed by atoms with Gasteiger partial charge in [0.15, 0.2) is 0 Å². The first-order chi connectivity index (χ1) is 9.33. The highest BCUT2D eigenvalue weighted by molar-refractivity contribution is 5.67. The van der Waals surface area contributed by atoms with E-state index in [9.17, 15) is 0 Å². The maximum Gasteiger partial charge on any atom is 0.0599 e. The molecule has 1 aromatic carbocycles. The summed E-state index contributed by atoms with van der Waals surface area (Å²) in [5.74, 6) is 0.888. The van der Waals surface area contributed by atoms with E-state index in [0.29, 0.717) is 0 Å². The van der Waals surface area contributed by atoms with Gasteiger partial charge < -0.3 is 15.5 Å². The van der Waals surface area contributed by atoms with Gasteiger partial charge in [-0.1, -0.05) is 12.1 Å². The normalized spacial score (nSPS) is 22.0. The predicted octanol–water partition coefficient (Wildman–Crippen LogP) is 2.58. The van der Waals surface area contributed by atoms with E-state index in [0.717, 1.165) is 24.7 Å². The number of nitrogens with two attached hydrogens (primary N) is 1. The summed E-state index contributed by atoms with van der Waals surface area (Å²) in [5.41, 5.74) is 8.21. The predicted molar refractivity (Wildman–Crippen MR) is 81.5 cm³/mol. The molecule has 2 heterocycles. The Kier molecular flexibility index (Phi) is 3.92. The van der Waals surface area contributed by atoms with Crippen molar-refractivity contribution in [1.82, 2.24) is 4.90 Å². The van der Waals surface area contributed by atoms with E-state index in [2.05, 4.69) is 21.9 Å². The number of hydrogen-bond donors (Lipinski definition) is 1. The van der Waals surface area contributed by atoms with E-state index in [1.165, 1.54) is 51.0 Å². The van der Waals surface area contributed by atoms with Crippen LogP contribution in [0.5, 0.6) is 0 Å². The molecule has 0 saturated carbocycles. The second-order valence-corrected chi connectivity index (χ2v) is 6.00. The Morgan fingerprint density at radius 1 is 1.00 bits per heavy atom. The van der Waals surface area contributed by atoms with Gasteiger partial charge in [-0.3, -0.25) is 0 Å². The van der Waals surface area contributed by atoms with Crippen LogP contribution >= 0.6 is 0 Å². The first-order valence-corrected chi connectivity index (χ1v) is 7.65. The molecule has 1 aromatic rings. The van der Waals surface area contributed by atoms with Crippen LogP contribution in [0.3, 0.4) is 0 Å². The molecular formula is C16H25N3. The van der Waals surface area contributed by atoms with Gasteiger partial charge in [0, 0.05) is 19.6 Å². The molecule has 19 heavy (non-hydrogen) atoms. The molecule has 3 nitrogen and oxygen atoms in total. The van der Waals surface area contributed by atoms with E-state index in [1.807, 2.05) is 12.1 Å². The van der Waals surface area contributed by atoms with Gasteiger partial charge >= 0.3 is 0 Å². The van der Waals surface area contributed by atoms with E-state index < -0.39 is 0 Å². The van der Waals surface area contributed by atoms with Crippen LogP contribution in [0.15, 0.2) is 24.3 Å². The second-order valence-electron chi connectivity index (χ2n) is 6.00. The van der Waals surface area contributed by atoms with Crippen molar-refractivity contribution in [2.45, 2.75) is 25.7 Å². The molecule has 0 aliphatic carbocycles. The highest BCUT2D eigenvalue weighted by atomic mass is 15.2. The maximum atomic E-state index is 6.07. The number of nitrogen functional groups attached to an aromatic ring is 1. The van der Waals surface area contributed by atoms with Crippen LogP contribution in [0.25, 0.3) is 0 Å². The number of piperidine rings is 1. The minimum atomic E-state index is 0.888. The van der Waals surface area contributed by atoms with Crippen LogP contribution < -0.4 is 10.6 Å². The molecule has 3 heteroatoms. The number of hydrogen-bond acceptors (Lipinski definition) is 3. The standard InChI is InChI=1S/C16H25N3/c17-15-5-1-2-6-16(15)19-11-7-14(8-12-19)13-18-9-3-4-10-18/h1-2,5-6,14H,3-4,7-13,17H2. The number of likely N-dealkylation sites (tertiary alicyclic amines) is 1. The molecule has 0 amide bonds. The molecule has 0 bridgehead atoms. The Hall–Kier alpha value is -1.22. The summed E-state index contributed by atoms with van der Waals surface area (Å²) in [5, 5.41) is 0. The van der Waals surface area contributed by atoms with E-state index in [4.69, 9.17) is 5.73 Å². The average Bonchev–Trinajstić information content (AvgIpc) is 2.93. The minimum Gasteiger partial charge on any atom is -0.397 e. The molecule has 0 atom stereocenters. The Morgan fingerprint density at radius 2 is 1.68 bits per heavy atom. The zero-order valence-corrected chi connectivity index (χ0v) is 11.7. The molecular weight excluding hydrogens is 234 g/mol. The van der Waals surface area contributed by atoms with Gasteiger partial charge in [-0.05, 0) is 56.8 Å². The molecule has 0 unspecified atom stereocenters. The third-order valence-electron chi connectivity index (χ3n) is 4.61. The van der Waals surface area contributed by atoms with Gasteiger partial charge in [-0.25, -0.2) is 0 Å². The van der Waals surface area contributed by atoms with Crippen molar-refractivity contribution in [3.05, 3.63) is 24.3 Å². The third kappa shape index (κ3) is 3.03. The van der Waals surface area contributed by atoms with Gasteiger partial charge in [0.05, 0.1) is 11.4 Å². The molecule has 0 radical (unpaired) electrons. The molecule has 3 rings (SSSR count). The average molecular weight is 259 g/mol. The van der Waals surface area contributed by atoms with Crippen LogP contribution in [0.4, 0.5) is 11.4 Å². The number of para-hydroxylation sites is 2. The zero-order valence-electron chi connectivity index (χ0n) is 11.7. The summed E-state index contributed by atoms with van der Waals surface area (Å²) in [6.07, 6.45) is 5.43. The van der Waals surface area contributed by atoms with Crippen LogP contribution in [-0.4, -0.2) is 37.6 Å². The lowest BCUT2D eigenvalue weighted by molar-refractivity contribution is 0.249. The highest BCUT2D eigenvalue weighted by Crippen LogP contribution is 2.28. The van der Waals surface area contributed by atoms with E-state index in [-0.39, 0.29) is 0 Å². The Bertz CT molecular complexity index is 404. The SMILES string of the molecule is Nc1ccccc1N1CCC(CN2CCCC2)CC1. The molecule has 0 aromatic heterocycles. The zero-order chi connectivity index (χ0) is 13.1. The Morgan fingerprint density at radius 3 is 2.37 bits per heavy atom. The van der Waals surface area contributed by atoms with E-state index >= 15 is 0 Å². The van der Waals surface area contributed by atoms with Gasteiger partial charge in [0.25, 0.3) is 0 Å². The smallest absolute Gasteiger partial charge is 0.0599 e. The lowest BCUT2D eigenvalue weighted by Gasteiger charge is -2.35. The number of rotatable bonds is 3. The number of nitrogens with zero attached hydrogens (tertiary/aromatic N) is 2. The fourth-order valence-corrected chi connectivity index (χ4v) is 3.46. The molecule has 2 fully saturated rings. The third-order valence-corrected chi connectivity index (χ3v) is 4.61. The fraction of sp³-hybridized carbons (Fsp3) is 0.625. The maximum absolute atomic E-state index is 6.07. The summed E-state index contributed by atoms with van der Waals surface area (Å²) in [6, 6.07) is 8.25. The quantitative estimate of drug-likeness (QED) is 0.847. The summed E-state index contributed by atoms with van der Waals surface area (Å²) in [7, 11) is 0. The lowest BCUT2D eigenvalue weighted by atomic mass is 9.95. The van der Waals surface area contributed by atoms with Crippen molar-refractivity contribution in [2.75, 3.05) is 43.4 Å². The van der Waals surface area contributed by atoms with Crippen LogP contribution in [0.2, 0.25) is 0 Å². The van der Waals surface area contributed by atoms with Gasteiger partial charge in [-0.2, -0.15) is 0 Å². The minimum absolute atomic E-state index is 0.888. The highest BCUT2D eigenvalue weighted by Gasteiger charge is 2.23. The first-order valence-electron chi connectivity index (χ1n) is 7.65.